The lowest BCUT2D eigenvalue weighted by atomic mass is 10.1. The van der Waals surface area contributed by atoms with Crippen LogP contribution in [-0.2, 0) is 4.79 Å². The summed E-state index contributed by atoms with van der Waals surface area (Å²) in [4.78, 5) is 31.9. The van der Waals surface area contributed by atoms with E-state index in [0.29, 0.717) is 18.0 Å². The fraction of sp³-hybridized carbons (Fsp3) is 0.368. The first kappa shape index (κ1) is 17.7. The van der Waals surface area contributed by atoms with Crippen LogP contribution in [0.25, 0.3) is 11.7 Å². The molecule has 1 aliphatic rings. The molecule has 0 radical (unpaired) electrons. The molecule has 1 aliphatic heterocycles. The van der Waals surface area contributed by atoms with Crippen LogP contribution in [0.2, 0.25) is 0 Å². The third kappa shape index (κ3) is 3.45. The molecule has 7 heteroatoms. The number of hydrogen-bond acceptors (Lipinski definition) is 5. The number of amides is 1. The maximum atomic E-state index is 13.0. The van der Waals surface area contributed by atoms with Crippen molar-refractivity contribution in [2.24, 2.45) is 0 Å². The lowest BCUT2D eigenvalue weighted by Crippen LogP contribution is -2.33. The Labute approximate surface area is 151 Å². The summed E-state index contributed by atoms with van der Waals surface area (Å²) in [5.41, 5.74) is 0.443. The van der Waals surface area contributed by atoms with Crippen LogP contribution in [0.3, 0.4) is 0 Å². The first-order chi connectivity index (χ1) is 12.7. The topological polar surface area (TPSA) is 90.5 Å². The molecule has 134 valence electrons. The number of pyridine rings is 1. The summed E-state index contributed by atoms with van der Waals surface area (Å²) in [6.45, 7) is 3.79. The Bertz CT molecular complexity index is 949. The molecule has 0 unspecified atom stereocenters. The molecule has 1 fully saturated rings. The van der Waals surface area contributed by atoms with Gasteiger partial charge in [0.05, 0.1) is 5.56 Å². The maximum absolute atomic E-state index is 13.0. The fourth-order valence-electron chi connectivity index (χ4n) is 3.11. The zero-order valence-electron chi connectivity index (χ0n) is 14.7. The van der Waals surface area contributed by atoms with Crippen LogP contribution in [0.5, 0.6) is 0 Å². The van der Waals surface area contributed by atoms with E-state index in [-0.39, 0.29) is 16.7 Å². The van der Waals surface area contributed by atoms with Gasteiger partial charge in [-0.2, -0.15) is 5.26 Å². The van der Waals surface area contributed by atoms with Crippen LogP contribution in [-0.4, -0.2) is 34.9 Å². The maximum Gasteiger partial charge on any atom is 0.267 e. The molecule has 2 aromatic rings. The molecule has 0 bridgehead atoms. The fourth-order valence-corrected chi connectivity index (χ4v) is 3.11. The lowest BCUT2D eigenvalue weighted by molar-refractivity contribution is -0.116. The smallest absolute Gasteiger partial charge is 0.267 e. The summed E-state index contributed by atoms with van der Waals surface area (Å²) in [5.74, 6) is 0.0510. The Kier molecular flexibility index (Phi) is 5.32. The predicted octanol–water partition coefficient (Wildman–Crippen LogP) is 1.73. The molecule has 0 aliphatic carbocycles. The number of nitriles is 1. The molecular weight excluding hydrogens is 330 g/mol. The van der Waals surface area contributed by atoms with E-state index in [2.05, 4.69) is 15.2 Å². The quantitative estimate of drug-likeness (QED) is 0.669. The van der Waals surface area contributed by atoms with Gasteiger partial charge in [-0.1, -0.05) is 6.07 Å². The van der Waals surface area contributed by atoms with Gasteiger partial charge in [-0.25, -0.2) is 4.98 Å². The van der Waals surface area contributed by atoms with Crippen molar-refractivity contribution in [1.82, 2.24) is 14.7 Å². The highest BCUT2D eigenvalue weighted by Crippen LogP contribution is 2.22. The summed E-state index contributed by atoms with van der Waals surface area (Å²) in [6, 6.07) is 7.25. The summed E-state index contributed by atoms with van der Waals surface area (Å²) in [5, 5.41) is 12.0. The third-order valence-electron chi connectivity index (χ3n) is 4.40. The van der Waals surface area contributed by atoms with Crippen molar-refractivity contribution in [2.45, 2.75) is 26.2 Å². The van der Waals surface area contributed by atoms with Gasteiger partial charge >= 0.3 is 0 Å². The molecule has 3 rings (SSSR count). The highest BCUT2D eigenvalue weighted by Gasteiger charge is 2.20. The third-order valence-corrected chi connectivity index (χ3v) is 4.40. The summed E-state index contributed by atoms with van der Waals surface area (Å²) in [6.07, 6.45) is 6.21. The largest absolute Gasteiger partial charge is 0.356 e. The molecule has 2 aromatic heterocycles. The number of piperidine rings is 1. The average Bonchev–Trinajstić information content (AvgIpc) is 2.68. The number of hydrogen-bond donors (Lipinski definition) is 1. The van der Waals surface area contributed by atoms with E-state index < -0.39 is 5.91 Å². The average molecular weight is 351 g/mol. The van der Waals surface area contributed by atoms with Crippen molar-refractivity contribution >= 4 is 23.4 Å². The van der Waals surface area contributed by atoms with Gasteiger partial charge in [0.15, 0.2) is 0 Å². The normalized spacial score (nSPS) is 14.9. The van der Waals surface area contributed by atoms with E-state index in [1.807, 2.05) is 12.1 Å². The van der Waals surface area contributed by atoms with Crippen molar-refractivity contribution in [3.63, 3.8) is 0 Å². The van der Waals surface area contributed by atoms with E-state index in [4.69, 9.17) is 0 Å². The van der Waals surface area contributed by atoms with Crippen LogP contribution in [0.15, 0.2) is 34.8 Å². The van der Waals surface area contributed by atoms with Crippen LogP contribution in [0, 0.1) is 11.3 Å². The number of aromatic nitrogens is 2. The number of rotatable bonds is 4. The van der Waals surface area contributed by atoms with Gasteiger partial charge < -0.3 is 10.2 Å². The summed E-state index contributed by atoms with van der Waals surface area (Å²) in [7, 11) is 0. The first-order valence-corrected chi connectivity index (χ1v) is 8.82. The number of carbonyl (C=O) groups is 1. The molecule has 0 aromatic carbocycles. The minimum Gasteiger partial charge on any atom is -0.356 e. The van der Waals surface area contributed by atoms with Crippen LogP contribution < -0.4 is 15.8 Å². The molecule has 0 saturated carbocycles. The minimum absolute atomic E-state index is 0.0973. The second-order valence-corrected chi connectivity index (χ2v) is 6.16. The molecular formula is C19H21N5O2. The number of nitrogens with zero attached hydrogens (tertiary/aromatic N) is 4. The van der Waals surface area contributed by atoms with Gasteiger partial charge in [-0.3, -0.25) is 14.0 Å². The number of anilines is 1. The number of nitrogens with one attached hydrogen (secondary N) is 1. The van der Waals surface area contributed by atoms with Crippen molar-refractivity contribution in [1.29, 1.82) is 5.26 Å². The minimum atomic E-state index is -0.489. The van der Waals surface area contributed by atoms with Gasteiger partial charge in [-0.15, -0.1) is 0 Å². The Balaban J connectivity index is 2.21. The molecule has 1 N–H and O–H groups in total. The molecule has 1 amide bonds. The lowest BCUT2D eigenvalue weighted by Gasteiger charge is -2.29. The first-order valence-electron chi connectivity index (χ1n) is 8.82. The van der Waals surface area contributed by atoms with E-state index in [1.165, 1.54) is 10.5 Å². The SMILES string of the molecule is CCNC(=O)/C(C#N)=C/c1c(N2CCCCC2)nc2ccccn2c1=O. The van der Waals surface area contributed by atoms with Crippen LogP contribution in [0.1, 0.15) is 31.7 Å². The predicted molar refractivity (Wildman–Crippen MR) is 99.8 cm³/mol. The van der Waals surface area contributed by atoms with E-state index >= 15 is 0 Å². The van der Waals surface area contributed by atoms with Crippen molar-refractivity contribution < 1.29 is 4.79 Å². The van der Waals surface area contributed by atoms with Gasteiger partial charge in [0.25, 0.3) is 11.5 Å². The standard InChI is InChI=1S/C19H21N5O2/c1-2-21-18(25)14(13-20)12-15-17(23-9-5-3-6-10-23)22-16-8-4-7-11-24(16)19(15)26/h4,7-8,11-12H,2-3,5-6,9-10H2,1H3,(H,21,25)/b14-12+. The monoisotopic (exact) mass is 351 g/mol. The molecule has 0 atom stereocenters. The highest BCUT2D eigenvalue weighted by atomic mass is 16.1. The van der Waals surface area contributed by atoms with Crippen molar-refractivity contribution in [3.05, 3.63) is 45.9 Å². The van der Waals surface area contributed by atoms with Crippen LogP contribution in [0.4, 0.5) is 5.82 Å². The molecule has 1 saturated heterocycles. The molecule has 26 heavy (non-hydrogen) atoms. The molecule has 0 spiro atoms. The number of likely N-dealkylation sites (N-methyl/N-ethyl adjacent to an activating group) is 1. The van der Waals surface area contributed by atoms with Gasteiger partial charge in [-0.05, 0) is 44.4 Å². The zero-order valence-corrected chi connectivity index (χ0v) is 14.7. The van der Waals surface area contributed by atoms with E-state index in [9.17, 15) is 14.9 Å². The Hall–Kier alpha value is -3.14. The zero-order chi connectivity index (χ0) is 18.5. The Morgan fingerprint density at radius 1 is 1.35 bits per heavy atom. The highest BCUT2D eigenvalue weighted by molar-refractivity contribution is 6.02. The van der Waals surface area contributed by atoms with Gasteiger partial charge in [0.1, 0.15) is 23.1 Å². The van der Waals surface area contributed by atoms with Crippen molar-refractivity contribution in [2.75, 3.05) is 24.5 Å². The molecule has 3 heterocycles. The van der Waals surface area contributed by atoms with Crippen molar-refractivity contribution in [3.8, 4) is 6.07 Å². The molecule has 7 nitrogen and oxygen atoms in total. The van der Waals surface area contributed by atoms with Gasteiger partial charge in [0, 0.05) is 25.8 Å². The van der Waals surface area contributed by atoms with Crippen LogP contribution >= 0.6 is 0 Å². The second-order valence-electron chi connectivity index (χ2n) is 6.16. The van der Waals surface area contributed by atoms with E-state index in [1.54, 1.807) is 25.3 Å². The number of fused-ring (bicyclic) bond motifs is 1. The van der Waals surface area contributed by atoms with E-state index in [0.717, 1.165) is 32.4 Å². The Morgan fingerprint density at radius 3 is 2.81 bits per heavy atom. The second kappa shape index (κ2) is 7.83. The summed E-state index contributed by atoms with van der Waals surface area (Å²) < 4.78 is 1.44. The van der Waals surface area contributed by atoms with Gasteiger partial charge in [0.2, 0.25) is 0 Å². The number of carbonyl (C=O) groups excluding carboxylic acids is 1. The Morgan fingerprint density at radius 2 is 2.12 bits per heavy atom. The summed E-state index contributed by atoms with van der Waals surface area (Å²) >= 11 is 0.